The van der Waals surface area contributed by atoms with Crippen LogP contribution >= 0.6 is 0 Å². The summed E-state index contributed by atoms with van der Waals surface area (Å²) in [5.74, 6) is 0.0912. The monoisotopic (exact) mass is 255 g/mol. The second kappa shape index (κ2) is 4.56. The predicted octanol–water partition coefficient (Wildman–Crippen LogP) is 3.19. The van der Waals surface area contributed by atoms with Gasteiger partial charge in [0.25, 0.3) is 5.56 Å². The molecule has 1 aromatic heterocycles. The molecule has 2 rings (SSSR count). The van der Waals surface area contributed by atoms with Crippen LogP contribution in [0.25, 0.3) is 0 Å². The summed E-state index contributed by atoms with van der Waals surface area (Å²) >= 11 is 0. The lowest BCUT2D eigenvalue weighted by Gasteiger charge is -2.09. The van der Waals surface area contributed by atoms with Crippen molar-refractivity contribution in [3.8, 4) is 11.6 Å². The first kappa shape index (κ1) is 12.2. The number of H-pyrrole nitrogens is 1. The molecule has 1 N–H and O–H groups in total. The molecular weight excluding hydrogens is 247 g/mol. The summed E-state index contributed by atoms with van der Waals surface area (Å²) in [4.78, 5) is 13.3. The number of halogens is 3. The Bertz CT molecular complexity index is 605. The van der Waals surface area contributed by atoms with Gasteiger partial charge in [-0.15, -0.1) is 0 Å². The molecule has 1 aromatic carbocycles. The van der Waals surface area contributed by atoms with Crippen molar-refractivity contribution in [2.75, 3.05) is 0 Å². The van der Waals surface area contributed by atoms with E-state index >= 15 is 0 Å². The van der Waals surface area contributed by atoms with Crippen molar-refractivity contribution in [3.63, 3.8) is 0 Å². The average Bonchev–Trinajstić information content (AvgIpc) is 2.28. The highest BCUT2D eigenvalue weighted by atomic mass is 19.4. The molecule has 6 heteroatoms. The van der Waals surface area contributed by atoms with Crippen LogP contribution in [0.3, 0.4) is 0 Å². The number of pyridine rings is 1. The molecule has 0 aliphatic heterocycles. The zero-order valence-electron chi connectivity index (χ0n) is 8.99. The molecule has 0 amide bonds. The van der Waals surface area contributed by atoms with Gasteiger partial charge in [0.05, 0.1) is 5.56 Å². The minimum absolute atomic E-state index is 0.00618. The van der Waals surface area contributed by atoms with Gasteiger partial charge < -0.3 is 4.74 Å². The summed E-state index contributed by atoms with van der Waals surface area (Å²) < 4.78 is 42.5. The third kappa shape index (κ3) is 2.91. The van der Waals surface area contributed by atoms with Crippen LogP contribution in [0.5, 0.6) is 11.6 Å². The topological polar surface area (TPSA) is 42.1 Å². The molecule has 2 aromatic rings. The number of nitrogens with one attached hydrogen (secondary N) is 1. The van der Waals surface area contributed by atoms with Crippen LogP contribution < -0.4 is 10.3 Å². The minimum Gasteiger partial charge on any atom is -0.441 e. The van der Waals surface area contributed by atoms with Crippen molar-refractivity contribution in [2.45, 2.75) is 6.18 Å². The van der Waals surface area contributed by atoms with Gasteiger partial charge in [-0.05, 0) is 24.3 Å². The maximum atomic E-state index is 12.5. The second-order valence-corrected chi connectivity index (χ2v) is 3.51. The summed E-state index contributed by atoms with van der Waals surface area (Å²) in [6.45, 7) is 0. The van der Waals surface area contributed by atoms with Gasteiger partial charge in [0.1, 0.15) is 5.75 Å². The summed E-state index contributed by atoms with van der Waals surface area (Å²) in [6, 6.07) is 8.59. The van der Waals surface area contributed by atoms with E-state index in [0.717, 1.165) is 12.1 Å². The fourth-order valence-corrected chi connectivity index (χ4v) is 1.35. The highest BCUT2D eigenvalue weighted by Crippen LogP contribution is 2.32. The smallest absolute Gasteiger partial charge is 0.416 e. The van der Waals surface area contributed by atoms with E-state index in [1.54, 1.807) is 0 Å². The quantitative estimate of drug-likeness (QED) is 0.895. The molecular formula is C12H8F3NO2. The largest absolute Gasteiger partial charge is 0.441 e. The lowest BCUT2D eigenvalue weighted by atomic mass is 10.2. The molecule has 18 heavy (non-hydrogen) atoms. The SMILES string of the molecule is O=c1cccc(Oc2cccc(C(F)(F)F)c2)[nH]1. The summed E-state index contributed by atoms with van der Waals surface area (Å²) in [6.07, 6.45) is -4.43. The van der Waals surface area contributed by atoms with Gasteiger partial charge in [0, 0.05) is 6.07 Å². The van der Waals surface area contributed by atoms with Crippen molar-refractivity contribution in [1.82, 2.24) is 4.98 Å². The van der Waals surface area contributed by atoms with Gasteiger partial charge in [0.15, 0.2) is 5.88 Å². The third-order valence-corrected chi connectivity index (χ3v) is 2.13. The number of hydrogen-bond acceptors (Lipinski definition) is 2. The second-order valence-electron chi connectivity index (χ2n) is 3.51. The van der Waals surface area contributed by atoms with E-state index in [-0.39, 0.29) is 17.2 Å². The maximum absolute atomic E-state index is 12.5. The number of ether oxygens (including phenoxy) is 1. The van der Waals surface area contributed by atoms with Gasteiger partial charge >= 0.3 is 6.18 Å². The van der Waals surface area contributed by atoms with Crippen LogP contribution in [-0.4, -0.2) is 4.98 Å². The Kier molecular flexibility index (Phi) is 3.10. The van der Waals surface area contributed by atoms with E-state index < -0.39 is 11.7 Å². The first-order chi connectivity index (χ1) is 8.45. The Morgan fingerprint density at radius 1 is 1.06 bits per heavy atom. The Labute approximate surface area is 99.8 Å². The van der Waals surface area contributed by atoms with Crippen LogP contribution in [0.15, 0.2) is 47.3 Å². The van der Waals surface area contributed by atoms with E-state index in [0.29, 0.717) is 0 Å². The molecule has 0 fully saturated rings. The van der Waals surface area contributed by atoms with Crippen molar-refractivity contribution in [2.24, 2.45) is 0 Å². The van der Waals surface area contributed by atoms with Crippen LogP contribution in [0, 0.1) is 0 Å². The number of benzene rings is 1. The highest BCUT2D eigenvalue weighted by molar-refractivity contribution is 5.32. The molecule has 0 bridgehead atoms. The maximum Gasteiger partial charge on any atom is 0.416 e. The van der Waals surface area contributed by atoms with E-state index in [1.165, 1.54) is 30.3 Å². The zero-order valence-corrected chi connectivity index (χ0v) is 8.99. The van der Waals surface area contributed by atoms with E-state index in [1.807, 2.05) is 0 Å². The fourth-order valence-electron chi connectivity index (χ4n) is 1.35. The molecule has 0 aliphatic rings. The van der Waals surface area contributed by atoms with Gasteiger partial charge in [-0.2, -0.15) is 13.2 Å². The normalized spacial score (nSPS) is 11.3. The molecule has 3 nitrogen and oxygen atoms in total. The van der Waals surface area contributed by atoms with Crippen molar-refractivity contribution >= 4 is 0 Å². The molecule has 0 radical (unpaired) electrons. The van der Waals surface area contributed by atoms with Crippen molar-refractivity contribution < 1.29 is 17.9 Å². The molecule has 0 atom stereocenters. The number of aromatic nitrogens is 1. The Morgan fingerprint density at radius 3 is 2.44 bits per heavy atom. The predicted molar refractivity (Wildman–Crippen MR) is 58.6 cm³/mol. The Balaban J connectivity index is 2.27. The lowest BCUT2D eigenvalue weighted by Crippen LogP contribution is -2.06. The first-order valence-corrected chi connectivity index (χ1v) is 4.99. The molecule has 0 spiro atoms. The summed E-state index contributed by atoms with van der Waals surface area (Å²) in [7, 11) is 0. The van der Waals surface area contributed by atoms with Crippen molar-refractivity contribution in [3.05, 3.63) is 58.4 Å². The van der Waals surface area contributed by atoms with Crippen LogP contribution in [-0.2, 0) is 6.18 Å². The third-order valence-electron chi connectivity index (χ3n) is 2.13. The highest BCUT2D eigenvalue weighted by Gasteiger charge is 2.30. The average molecular weight is 255 g/mol. The molecule has 0 unspecified atom stereocenters. The molecule has 0 saturated carbocycles. The molecule has 0 saturated heterocycles. The van der Waals surface area contributed by atoms with E-state index in [2.05, 4.69) is 4.98 Å². The van der Waals surface area contributed by atoms with Crippen LogP contribution in [0.4, 0.5) is 13.2 Å². The Morgan fingerprint density at radius 2 is 1.78 bits per heavy atom. The van der Waals surface area contributed by atoms with Crippen LogP contribution in [0.1, 0.15) is 5.56 Å². The Hall–Kier alpha value is -2.24. The standard InChI is InChI=1S/C12H8F3NO2/c13-12(14,15)8-3-1-4-9(7-8)18-11-6-2-5-10(17)16-11/h1-7H,(H,16,17). The van der Waals surface area contributed by atoms with Gasteiger partial charge in [0.2, 0.25) is 0 Å². The first-order valence-electron chi connectivity index (χ1n) is 4.99. The van der Waals surface area contributed by atoms with E-state index in [9.17, 15) is 18.0 Å². The number of alkyl halides is 3. The number of aromatic amines is 1. The molecule has 1 heterocycles. The fraction of sp³-hybridized carbons (Fsp3) is 0.0833. The molecule has 0 aliphatic carbocycles. The molecule has 94 valence electrons. The van der Waals surface area contributed by atoms with E-state index in [4.69, 9.17) is 4.74 Å². The minimum atomic E-state index is -4.43. The van der Waals surface area contributed by atoms with Crippen LogP contribution in [0.2, 0.25) is 0 Å². The zero-order chi connectivity index (χ0) is 13.2. The number of rotatable bonds is 2. The van der Waals surface area contributed by atoms with Gasteiger partial charge in [-0.3, -0.25) is 9.78 Å². The summed E-state index contributed by atoms with van der Waals surface area (Å²) in [5, 5.41) is 0. The van der Waals surface area contributed by atoms with Gasteiger partial charge in [-0.25, -0.2) is 0 Å². The van der Waals surface area contributed by atoms with Gasteiger partial charge in [-0.1, -0.05) is 12.1 Å². The number of hydrogen-bond donors (Lipinski definition) is 1. The summed E-state index contributed by atoms with van der Waals surface area (Å²) in [5.41, 5.74) is -1.20. The lowest BCUT2D eigenvalue weighted by molar-refractivity contribution is -0.137. The van der Waals surface area contributed by atoms with Crippen molar-refractivity contribution in [1.29, 1.82) is 0 Å².